The van der Waals surface area contributed by atoms with Crippen LogP contribution in [-0.4, -0.2) is 194 Å². The molecule has 45 atom stereocenters. The van der Waals surface area contributed by atoms with E-state index in [1.165, 1.54) is 108 Å². The third-order valence-electron chi connectivity index (χ3n) is 48.8. The van der Waals surface area contributed by atoms with Gasteiger partial charge in [-0.05, 0) is 443 Å². The number of hydrogen-bond acceptors (Lipinski definition) is 20. The van der Waals surface area contributed by atoms with Gasteiger partial charge < -0.3 is 44.1 Å². The SMILES string of the molecule is C.C.C.C.C.C1=NCN=C1.CO[C@H]1C[C@]2(C)[C@@H](C(=O)CBr)CC[C@H]2[C@@H]2CC[C@H]3C[C@H](O)CC[C@]3(C)[C@H]21.CO[C@H]1C[C@]2(C)[C@@H](C(=O)Cn3ccnn3)CC[C@H]2[C@@H]2CC[C@H]3C[C@H](O)CC[C@]3(C)[C@H]21.CO[C@H]1C[C@]2(C)[C@@H](C(=O)Cn3nccn3)CC[C@H]2[C@@H]2CC[C@H]3C[C@H](O)CC[C@]3(C)[C@H]21.CO[C@H]1C[C@]2(C)[C@@H](C(C)=O)CC[C@H]2[C@@H]2CC[C@H]3C[C@H](C)CC[C@]3(C)[C@H]21.CO[C@H]1C[C@]2(C)[C@@H](C(C)=O)CC[C@H]2[C@@H]2CC[C@H]3C[C@H](O)CC[C@]3(C)[C@H]21. The van der Waals surface area contributed by atoms with Crippen molar-refractivity contribution in [2.45, 2.75) is 452 Å². The first kappa shape index (κ1) is 119. The van der Waals surface area contributed by atoms with Crippen LogP contribution < -0.4 is 0 Å². The van der Waals surface area contributed by atoms with E-state index in [4.69, 9.17) is 23.7 Å². The number of rotatable bonds is 15. The number of nitrogens with zero attached hydrogens (tertiary/aromatic N) is 8. The molecule has 0 unspecified atom stereocenters. The van der Waals surface area contributed by atoms with Crippen molar-refractivity contribution in [2.75, 3.05) is 47.5 Å². The number of carbonyl (C=O) groups is 5. The summed E-state index contributed by atoms with van der Waals surface area (Å²) in [4.78, 5) is 72.9. The van der Waals surface area contributed by atoms with Gasteiger partial charge >= 0.3 is 0 Å². The number of fused-ring (bicyclic) bond motifs is 25. The molecular weight excluding hydrogens is 1890 g/mol. The van der Waals surface area contributed by atoms with Crippen molar-refractivity contribution in [3.63, 3.8) is 0 Å². The molecule has 23 heteroatoms. The molecule has 0 aromatic carbocycles. The summed E-state index contributed by atoms with van der Waals surface area (Å²) in [6.07, 6.45) is 56.3. The fourth-order valence-electron chi connectivity index (χ4n) is 42.4. The molecule has 830 valence electrons. The van der Waals surface area contributed by atoms with Crippen LogP contribution >= 0.6 is 15.9 Å². The largest absolute Gasteiger partial charge is 0.393 e. The lowest BCUT2D eigenvalue weighted by Gasteiger charge is -2.63. The normalized spacial score (nSPS) is 48.7. The zero-order chi connectivity index (χ0) is 100. The van der Waals surface area contributed by atoms with Crippen LogP contribution in [0.15, 0.2) is 34.8 Å². The Hall–Kier alpha value is -3.91. The van der Waals surface area contributed by atoms with E-state index in [1.54, 1.807) is 48.8 Å². The lowest BCUT2D eigenvalue weighted by molar-refractivity contribution is -0.186. The van der Waals surface area contributed by atoms with Gasteiger partial charge in [0.25, 0.3) is 0 Å². The van der Waals surface area contributed by atoms with Crippen LogP contribution in [0.1, 0.15) is 384 Å². The third kappa shape index (κ3) is 20.9. The van der Waals surface area contributed by atoms with E-state index in [2.05, 4.69) is 123 Å². The molecule has 21 aliphatic rings. The Labute approximate surface area is 892 Å². The van der Waals surface area contributed by atoms with Crippen molar-refractivity contribution < 1.29 is 68.1 Å². The Morgan fingerprint density at radius 3 is 0.863 bits per heavy atom. The van der Waals surface area contributed by atoms with Crippen LogP contribution in [0.3, 0.4) is 0 Å². The van der Waals surface area contributed by atoms with Gasteiger partial charge in [-0.1, -0.05) is 141 Å². The summed E-state index contributed by atoms with van der Waals surface area (Å²) in [7, 11) is 9.44. The molecule has 0 saturated heterocycles. The summed E-state index contributed by atoms with van der Waals surface area (Å²) < 4.78 is 32.6. The van der Waals surface area contributed by atoms with Gasteiger partial charge in [0.1, 0.15) is 37.1 Å². The van der Waals surface area contributed by atoms with Gasteiger partial charge in [0, 0.05) is 83.8 Å². The minimum absolute atomic E-state index is 0. The van der Waals surface area contributed by atoms with Crippen molar-refractivity contribution in [1.82, 2.24) is 30.0 Å². The van der Waals surface area contributed by atoms with Crippen molar-refractivity contribution in [3.8, 4) is 0 Å². The molecule has 0 bridgehead atoms. The summed E-state index contributed by atoms with van der Waals surface area (Å²) >= 11 is 3.42. The molecule has 22 nitrogen and oxygen atoms in total. The number of ketones is 5. The van der Waals surface area contributed by atoms with E-state index in [0.717, 1.165) is 178 Å². The zero-order valence-electron chi connectivity index (χ0n) is 90.1. The van der Waals surface area contributed by atoms with Gasteiger partial charge in [-0.2, -0.15) is 15.0 Å². The number of hydrogen-bond donors (Lipinski definition) is 4. The highest BCUT2D eigenvalue weighted by molar-refractivity contribution is 9.09. The van der Waals surface area contributed by atoms with Crippen molar-refractivity contribution in [1.29, 1.82) is 0 Å². The number of aliphatic hydroxyl groups is 4. The van der Waals surface area contributed by atoms with Gasteiger partial charge in [0.05, 0.1) is 78.9 Å². The summed E-state index contributed by atoms with van der Waals surface area (Å²) in [5.41, 5.74) is 2.00. The summed E-state index contributed by atoms with van der Waals surface area (Å²) in [5, 5.41) is 57.7. The average molecular weight is 2100 g/mol. The van der Waals surface area contributed by atoms with E-state index in [0.29, 0.717) is 165 Å². The van der Waals surface area contributed by atoms with Gasteiger partial charge in [-0.3, -0.25) is 34.0 Å². The second kappa shape index (κ2) is 46.9. The molecule has 4 N–H and O–H groups in total. The molecule has 1 aliphatic heterocycles. The first-order valence-electron chi connectivity index (χ1n) is 57.4. The van der Waals surface area contributed by atoms with E-state index in [1.807, 2.05) is 42.5 Å². The predicted octanol–water partition coefficient (Wildman–Crippen LogP) is 24.6. The standard InChI is InChI=1S/2C24H37N3O3.C23H38O2.C22H35BrO3.C22H36O3.C3H4N2.5CH4/c1-23-9-8-16(28)12-15(23)4-5-17-18-6-7-19(20(29)14-27-11-10-25-26-27)24(18,2)13-21(30-3)22(17)23;1-23-9-8-16(28)12-15(23)4-5-17-18-6-7-19(20(29)14-27-25-10-11-26-27)24(18,2)13-21(30-3)22(17)23;1-14-10-11-22(3)16(12-14)6-7-17-19-9-8-18(15(2)24)23(19,4)13-20(25-5)21(17)22;1-21-9-8-14(24)10-13(21)4-5-15-16-6-7-17(18(25)12-23)22(16,2)11-19(26-3)20(15)21;1-13(23)17-7-8-18-16-6-5-14-11-15(24)9-10-21(14,2)20(16)19(25-4)12-22(17,18)3;1-2-5-3-4-1;;;;;/h2*10-11,15-19,21-22,28H,4-9,12-14H2,1-3H3;14,16-21H,6-13H2,1-5H3;13-17,19-20,24H,4-12H2,1-3H3;14-20,24H,5-12H2,1-4H3;1-2H,3H2;5*1H4/t2*15-,16+,17-,18-,19+,21-,22+,23-,24-;14-,16+,17+,18-,19+,20+,21-,22+,23-;13-,14+,15-,16-,17+,19-,20+,21-,22-;14-,15+,16-,17+,18-,19-,20+,21-,22+;;;;;;/m00100....../s1. The highest BCUT2D eigenvalue weighted by Gasteiger charge is 2.72. The quantitative estimate of drug-likeness (QED) is 0.120. The van der Waals surface area contributed by atoms with E-state index in [-0.39, 0.29) is 166 Å². The zero-order valence-corrected chi connectivity index (χ0v) is 91.7. The first-order chi connectivity index (χ1) is 67.2. The highest BCUT2D eigenvalue weighted by Crippen LogP contribution is 2.76. The number of aromatic nitrogens is 6. The maximum atomic E-state index is 13.3. The van der Waals surface area contributed by atoms with Crippen molar-refractivity contribution in [3.05, 3.63) is 24.8 Å². The highest BCUT2D eigenvalue weighted by atomic mass is 79.9. The number of aliphatic imine (C=N–C) groups is 2. The van der Waals surface area contributed by atoms with Crippen LogP contribution in [-0.2, 0) is 60.7 Å². The van der Waals surface area contributed by atoms with Gasteiger partial charge in [-0.15, -0.1) is 5.10 Å². The average Bonchev–Trinajstić information content (AvgIpc) is 1.55. The van der Waals surface area contributed by atoms with E-state index < -0.39 is 0 Å². The predicted molar refractivity (Wildman–Crippen MR) is 586 cm³/mol. The fourth-order valence-corrected chi connectivity index (χ4v) is 42.8. The maximum Gasteiger partial charge on any atom is 0.159 e. The topological polar surface area (TPSA) is 299 Å². The maximum absolute atomic E-state index is 13.3. The van der Waals surface area contributed by atoms with Crippen LogP contribution in [0.5, 0.6) is 0 Å². The lowest BCUT2D eigenvalue weighted by atomic mass is 9.43. The van der Waals surface area contributed by atoms with Crippen LogP contribution in [0, 0.1) is 208 Å². The summed E-state index contributed by atoms with van der Waals surface area (Å²) in [6.45, 7) is 31.8. The van der Waals surface area contributed by atoms with Crippen molar-refractivity contribution >= 4 is 57.3 Å². The van der Waals surface area contributed by atoms with Crippen LogP contribution in [0.25, 0.3) is 0 Å². The first-order valence-corrected chi connectivity index (χ1v) is 58.5. The number of ether oxygens (including phenoxy) is 5. The van der Waals surface area contributed by atoms with Crippen LogP contribution in [0.4, 0.5) is 0 Å². The molecule has 0 radical (unpaired) electrons. The Kier molecular flexibility index (Phi) is 38.2. The number of halogens is 1. The molecule has 2 aromatic heterocycles. The minimum Gasteiger partial charge on any atom is -0.393 e. The Bertz CT molecular complexity index is 4470. The molecule has 20 aliphatic carbocycles. The monoisotopic (exact) mass is 2100 g/mol. The van der Waals surface area contributed by atoms with Crippen LogP contribution in [0.2, 0.25) is 0 Å². The number of aliphatic hydroxyl groups excluding tert-OH is 4. The molecule has 20 fully saturated rings. The minimum atomic E-state index is -0.126. The number of carbonyl (C=O) groups excluding carboxylic acids is 5. The van der Waals surface area contributed by atoms with Gasteiger partial charge in [0.15, 0.2) is 11.6 Å². The molecule has 2 aromatic rings. The molecule has 3 heterocycles. The molecule has 23 rings (SSSR count). The number of alkyl halides is 1. The Morgan fingerprint density at radius 2 is 0.603 bits per heavy atom. The molecule has 146 heavy (non-hydrogen) atoms. The number of methoxy groups -OCH3 is 5. The second-order valence-corrected chi connectivity index (χ2v) is 54.8. The fraction of sp³-hybridized carbons (Fsp3) is 0.911. The van der Waals surface area contributed by atoms with E-state index >= 15 is 0 Å². The van der Waals surface area contributed by atoms with Gasteiger partial charge in [0.2, 0.25) is 0 Å². The number of Topliss-reactive ketones (excluding diaryl/α,β-unsaturated/α-hetero) is 5. The second-order valence-electron chi connectivity index (χ2n) is 54.3. The summed E-state index contributed by atoms with van der Waals surface area (Å²) in [6, 6.07) is 0. The van der Waals surface area contributed by atoms with E-state index in [9.17, 15) is 44.4 Å². The molecule has 0 amide bonds. The third-order valence-corrected chi connectivity index (χ3v) is 49.4. The molecular formula is C123H207BrN8O14. The molecule has 20 saturated carbocycles. The smallest absolute Gasteiger partial charge is 0.159 e. The van der Waals surface area contributed by atoms with Crippen molar-refractivity contribution in [2.24, 2.45) is 218 Å². The Balaban J connectivity index is 0.000000150. The lowest BCUT2D eigenvalue weighted by Crippen LogP contribution is -2.59. The molecule has 0 spiro atoms. The van der Waals surface area contributed by atoms with Gasteiger partial charge in [-0.25, -0.2) is 4.68 Å². The summed E-state index contributed by atoms with van der Waals surface area (Å²) in [5.74, 6) is 16.7. The Morgan fingerprint density at radius 1 is 0.336 bits per heavy atom.